The summed E-state index contributed by atoms with van der Waals surface area (Å²) in [6.07, 6.45) is -0.933. The number of alkyl carbamates (subject to hydrolysis) is 1. The van der Waals surface area contributed by atoms with E-state index in [1.165, 1.54) is 57.4 Å². The van der Waals surface area contributed by atoms with Gasteiger partial charge in [-0.15, -0.1) is 16.9 Å². The van der Waals surface area contributed by atoms with Crippen molar-refractivity contribution in [3.63, 3.8) is 0 Å². The lowest BCUT2D eigenvalue weighted by molar-refractivity contribution is -0.153. The Labute approximate surface area is 314 Å². The highest BCUT2D eigenvalue weighted by atomic mass is 32.2. The molecule has 4 atom stereocenters. The number of thioether (sulfide) groups is 2. The number of rotatable bonds is 14. The molecule has 2 saturated heterocycles. The Bertz CT molecular complexity index is 1890. The summed E-state index contributed by atoms with van der Waals surface area (Å²) in [5.41, 5.74) is 6.25. The molecule has 22 nitrogen and oxygen atoms in total. The molecule has 54 heavy (non-hydrogen) atoms. The zero-order valence-electron chi connectivity index (χ0n) is 28.7. The van der Waals surface area contributed by atoms with Crippen LogP contribution in [0.5, 0.6) is 0 Å². The molecule has 288 valence electrons. The molecule has 2 aromatic rings. The third kappa shape index (κ3) is 8.55. The highest BCUT2D eigenvalue weighted by molar-refractivity contribution is 8.01. The van der Waals surface area contributed by atoms with E-state index in [1.54, 1.807) is 14.0 Å². The number of carboxylic acids is 2. The number of ether oxygens (including phenoxy) is 1. The van der Waals surface area contributed by atoms with Crippen molar-refractivity contribution in [2.45, 2.75) is 42.1 Å². The molecule has 0 bridgehead atoms. The topological polar surface area (TPSA) is 302 Å². The van der Waals surface area contributed by atoms with Crippen LogP contribution in [0.15, 0.2) is 40.7 Å². The summed E-state index contributed by atoms with van der Waals surface area (Å²) in [7, 11) is 1.63. The van der Waals surface area contributed by atoms with Crippen molar-refractivity contribution in [2.24, 2.45) is 12.8 Å². The van der Waals surface area contributed by atoms with Crippen molar-refractivity contribution in [3.05, 3.63) is 46.7 Å². The second-order valence-corrected chi connectivity index (χ2v) is 13.9. The predicted molar refractivity (Wildman–Crippen MR) is 185 cm³/mol. The average molecular weight is 790 g/mol. The molecular formula is C30H35N11O11S2. The Morgan fingerprint density at radius 1 is 1.09 bits per heavy atom. The van der Waals surface area contributed by atoms with Gasteiger partial charge in [0, 0.05) is 44.7 Å². The fraction of sp³-hybridized carbons (Fsp3) is 0.433. The third-order valence-corrected chi connectivity index (χ3v) is 10.9. The number of piperazine rings is 1. The monoisotopic (exact) mass is 789 g/mol. The van der Waals surface area contributed by atoms with E-state index in [-0.39, 0.29) is 48.9 Å². The summed E-state index contributed by atoms with van der Waals surface area (Å²) in [5, 5.41) is 37.2. The number of likely N-dealkylation sites (N-methyl/N-ethyl adjacent to an activating group) is 1. The van der Waals surface area contributed by atoms with E-state index < -0.39 is 77.8 Å². The van der Waals surface area contributed by atoms with E-state index in [1.807, 2.05) is 0 Å². The van der Waals surface area contributed by atoms with E-state index in [0.717, 1.165) is 4.90 Å². The van der Waals surface area contributed by atoms with Gasteiger partial charge in [-0.25, -0.2) is 19.1 Å². The van der Waals surface area contributed by atoms with Gasteiger partial charge in [0.2, 0.25) is 11.1 Å². The predicted octanol–water partition coefficient (Wildman–Crippen LogP) is -2.18. The molecule has 24 heteroatoms. The van der Waals surface area contributed by atoms with Crippen LogP contribution in [0, 0.1) is 0 Å². The molecule has 0 spiro atoms. The maximum atomic E-state index is 13.9. The Hall–Kier alpha value is -5.75. The lowest BCUT2D eigenvalue weighted by Gasteiger charge is -2.49. The van der Waals surface area contributed by atoms with Crippen molar-refractivity contribution in [1.29, 1.82) is 0 Å². The lowest BCUT2D eigenvalue weighted by atomic mass is 10.0. The Balaban J connectivity index is 1.30. The number of nitrogens with two attached hydrogens (primary N) is 1. The van der Waals surface area contributed by atoms with Gasteiger partial charge < -0.3 is 41.5 Å². The van der Waals surface area contributed by atoms with Crippen LogP contribution in [0.4, 0.5) is 9.59 Å². The number of fused-ring (bicyclic) bond motifs is 1. The first kappa shape index (κ1) is 39.5. The molecule has 0 saturated carbocycles. The molecule has 7 N–H and O–H groups in total. The van der Waals surface area contributed by atoms with Gasteiger partial charge in [-0.3, -0.25) is 33.8 Å². The zero-order valence-corrected chi connectivity index (χ0v) is 30.3. The summed E-state index contributed by atoms with van der Waals surface area (Å²) in [5.74, 6) is -5.81. The van der Waals surface area contributed by atoms with Gasteiger partial charge in [-0.2, -0.15) is 0 Å². The molecular weight excluding hydrogens is 755 g/mol. The van der Waals surface area contributed by atoms with Crippen LogP contribution in [-0.4, -0.2) is 148 Å². The summed E-state index contributed by atoms with van der Waals surface area (Å²) in [6.45, 7) is 1.24. The number of carboxylic acid groups (broad SMARTS) is 2. The number of hydrogen-bond donors (Lipinski definition) is 6. The van der Waals surface area contributed by atoms with Gasteiger partial charge >= 0.3 is 35.9 Å². The number of benzene rings is 1. The molecule has 3 aliphatic heterocycles. The minimum absolute atomic E-state index is 0.0797. The number of aryl methyl sites for hydroxylation is 1. The van der Waals surface area contributed by atoms with Crippen LogP contribution in [0.2, 0.25) is 0 Å². The van der Waals surface area contributed by atoms with Crippen LogP contribution in [0.3, 0.4) is 0 Å². The molecule has 1 aromatic carbocycles. The number of aliphatic carboxylic acids is 2. The molecule has 0 radical (unpaired) electrons. The lowest BCUT2D eigenvalue weighted by Crippen LogP contribution is -2.71. The summed E-state index contributed by atoms with van der Waals surface area (Å²) < 4.78 is 6.20. The van der Waals surface area contributed by atoms with E-state index in [4.69, 9.17) is 15.6 Å². The maximum Gasteiger partial charge on any atom is 0.407 e. The number of amides is 7. The quantitative estimate of drug-likeness (QED) is 0.0673. The van der Waals surface area contributed by atoms with Gasteiger partial charge in [0.15, 0.2) is 0 Å². The summed E-state index contributed by atoms with van der Waals surface area (Å²) in [6, 6.07) is 0.781. The number of carbonyl (C=O) groups is 8. The Morgan fingerprint density at radius 3 is 2.44 bits per heavy atom. The molecule has 0 aliphatic carbocycles. The number of nitrogens with one attached hydrogen (secondary N) is 3. The van der Waals surface area contributed by atoms with Gasteiger partial charge in [-0.1, -0.05) is 36.0 Å². The first-order valence-corrected chi connectivity index (χ1v) is 18.2. The number of nitrogens with zero attached hydrogens (tertiary/aromatic N) is 7. The van der Waals surface area contributed by atoms with Crippen molar-refractivity contribution in [3.8, 4) is 0 Å². The number of imide groups is 1. The van der Waals surface area contributed by atoms with E-state index >= 15 is 0 Å². The number of tetrazole rings is 1. The van der Waals surface area contributed by atoms with Crippen LogP contribution < -0.4 is 21.7 Å². The largest absolute Gasteiger partial charge is 0.480 e. The third-order valence-electron chi connectivity index (χ3n) is 8.43. The van der Waals surface area contributed by atoms with E-state index in [0.29, 0.717) is 21.2 Å². The van der Waals surface area contributed by atoms with Crippen LogP contribution in [0.1, 0.15) is 24.1 Å². The summed E-state index contributed by atoms with van der Waals surface area (Å²) in [4.78, 5) is 104. The molecule has 3 aliphatic rings. The average Bonchev–Trinajstić information content (AvgIpc) is 3.57. The minimum Gasteiger partial charge on any atom is -0.480 e. The normalized spacial score (nSPS) is 19.4. The van der Waals surface area contributed by atoms with Gasteiger partial charge in [-0.05, 0) is 34.1 Å². The second kappa shape index (κ2) is 16.9. The highest BCUT2D eigenvalue weighted by Gasteiger charge is 2.54. The summed E-state index contributed by atoms with van der Waals surface area (Å²) >= 11 is 2.43. The molecule has 2 fully saturated rings. The minimum atomic E-state index is -1.51. The first-order valence-electron chi connectivity index (χ1n) is 16.2. The molecule has 7 amide bonds. The van der Waals surface area contributed by atoms with E-state index in [2.05, 4.69) is 31.5 Å². The Kier molecular flexibility index (Phi) is 12.4. The van der Waals surface area contributed by atoms with Gasteiger partial charge in [0.05, 0.1) is 0 Å². The SMILES string of the molecule is CCN1CCN(C(=O)N[C@@H](C(=O)N[C@@H]2C(=O)N3C(C(=O)O)=C(CSc4nnnn4C)CS[C@@H]23)c2ccc(CNC(=O)OCC(N)C(=O)O)cc2)C(=O)C1=O. The first-order chi connectivity index (χ1) is 25.7. The van der Waals surface area contributed by atoms with Crippen molar-refractivity contribution in [1.82, 2.24) is 50.9 Å². The fourth-order valence-electron chi connectivity index (χ4n) is 5.49. The number of β-lactam (4-membered cyclic amide) rings is 1. The maximum absolute atomic E-state index is 13.9. The van der Waals surface area contributed by atoms with Crippen molar-refractivity contribution >= 4 is 71.2 Å². The van der Waals surface area contributed by atoms with Crippen LogP contribution >= 0.6 is 23.5 Å². The molecule has 4 heterocycles. The van der Waals surface area contributed by atoms with Crippen molar-refractivity contribution < 1.29 is 53.3 Å². The zero-order chi connectivity index (χ0) is 39.3. The molecule has 5 rings (SSSR count). The van der Waals surface area contributed by atoms with Crippen molar-refractivity contribution in [2.75, 3.05) is 37.7 Å². The van der Waals surface area contributed by atoms with Gasteiger partial charge in [0.25, 0.3) is 5.91 Å². The smallest absolute Gasteiger partial charge is 0.407 e. The van der Waals surface area contributed by atoms with Crippen LogP contribution in [-0.2, 0) is 47.1 Å². The molecule has 1 aromatic heterocycles. The standard InChI is InChI=1S/C30H35N11O11S2/c1-3-39-8-9-40(24(45)23(39)44)28(50)34-18(15-6-4-14(5-7-15)10-32-30(51)52-11-17(31)26(46)47)21(42)33-19-22(43)41-20(27(48)49)16(12-53-25(19)41)13-54-29-35-36-37-38(29)2/h4-7,17-19,25H,3,8-13,31H2,1-2H3,(H,32,51)(H,33,42)(H,34,50)(H,46,47)(H,48,49)/t17?,18-,19-,25+/m1/s1. The number of carbonyl (C=O) groups excluding carboxylic acids is 6. The number of aromatic nitrogens is 4. The van der Waals surface area contributed by atoms with E-state index in [9.17, 15) is 43.5 Å². The number of hydrogen-bond acceptors (Lipinski definition) is 15. The number of urea groups is 1. The molecule has 1 unspecified atom stereocenters. The highest BCUT2D eigenvalue weighted by Crippen LogP contribution is 2.41. The van der Waals surface area contributed by atoms with Crippen LogP contribution in [0.25, 0.3) is 0 Å². The Morgan fingerprint density at radius 2 is 1.81 bits per heavy atom. The van der Waals surface area contributed by atoms with Gasteiger partial charge in [0.1, 0.15) is 35.8 Å². The second-order valence-electron chi connectivity index (χ2n) is 11.9. The fourth-order valence-corrected chi connectivity index (χ4v) is 7.82.